The number of carbonyl (C=O) groups excluding carboxylic acids is 1. The lowest BCUT2D eigenvalue weighted by molar-refractivity contribution is -0.122. The maximum absolute atomic E-state index is 11.7. The van der Waals surface area contributed by atoms with Crippen molar-refractivity contribution >= 4 is 5.91 Å². The van der Waals surface area contributed by atoms with Crippen molar-refractivity contribution in [2.45, 2.75) is 64.0 Å². The molecule has 1 saturated carbocycles. The first kappa shape index (κ1) is 14.5. The lowest BCUT2D eigenvalue weighted by Crippen LogP contribution is -2.38. The van der Waals surface area contributed by atoms with Crippen molar-refractivity contribution in [3.05, 3.63) is 0 Å². The Balaban J connectivity index is 2.12. The van der Waals surface area contributed by atoms with Crippen molar-refractivity contribution in [2.24, 2.45) is 11.7 Å². The summed E-state index contributed by atoms with van der Waals surface area (Å²) in [7, 11) is 0. The molecule has 1 rings (SSSR count). The molecule has 1 fully saturated rings. The predicted octanol–water partition coefficient (Wildman–Crippen LogP) is 1.17. The van der Waals surface area contributed by atoms with Crippen LogP contribution in [0.25, 0.3) is 0 Å². The summed E-state index contributed by atoms with van der Waals surface area (Å²) < 4.78 is 0. The summed E-state index contributed by atoms with van der Waals surface area (Å²) in [5.74, 6) is 0.675. The molecule has 4 heteroatoms. The second-order valence-corrected chi connectivity index (χ2v) is 5.29. The van der Waals surface area contributed by atoms with Gasteiger partial charge in [0.2, 0.25) is 5.91 Å². The first-order valence-corrected chi connectivity index (χ1v) is 6.79. The molecule has 0 aromatic rings. The van der Waals surface area contributed by atoms with E-state index in [0.29, 0.717) is 18.9 Å². The smallest absolute Gasteiger partial charge is 0.220 e. The van der Waals surface area contributed by atoms with Gasteiger partial charge in [-0.1, -0.05) is 6.92 Å². The Kier molecular flexibility index (Phi) is 6.52. The van der Waals surface area contributed by atoms with E-state index in [0.717, 1.165) is 38.5 Å². The molecule has 100 valence electrons. The van der Waals surface area contributed by atoms with Gasteiger partial charge in [0.1, 0.15) is 0 Å². The fourth-order valence-electron chi connectivity index (χ4n) is 2.33. The van der Waals surface area contributed by atoms with Crippen molar-refractivity contribution < 1.29 is 9.90 Å². The van der Waals surface area contributed by atoms with E-state index < -0.39 is 0 Å². The van der Waals surface area contributed by atoms with Gasteiger partial charge in [0.25, 0.3) is 0 Å². The number of hydrogen-bond acceptors (Lipinski definition) is 3. The van der Waals surface area contributed by atoms with Crippen molar-refractivity contribution in [1.29, 1.82) is 0 Å². The molecule has 1 atom stereocenters. The van der Waals surface area contributed by atoms with E-state index in [1.54, 1.807) is 0 Å². The Bertz CT molecular complexity index is 225. The minimum Gasteiger partial charge on any atom is -0.393 e. The van der Waals surface area contributed by atoms with Crippen LogP contribution in [0.5, 0.6) is 0 Å². The Hall–Kier alpha value is -0.610. The van der Waals surface area contributed by atoms with Crippen LogP contribution in [-0.2, 0) is 4.79 Å². The van der Waals surface area contributed by atoms with Crippen LogP contribution in [-0.4, -0.2) is 29.7 Å². The van der Waals surface area contributed by atoms with Gasteiger partial charge >= 0.3 is 0 Å². The van der Waals surface area contributed by atoms with Gasteiger partial charge in [-0.2, -0.15) is 0 Å². The number of carbonyl (C=O) groups is 1. The van der Waals surface area contributed by atoms with Gasteiger partial charge in [-0.05, 0) is 51.0 Å². The largest absolute Gasteiger partial charge is 0.393 e. The molecule has 0 heterocycles. The average Bonchev–Trinajstić information content (AvgIpc) is 2.30. The van der Waals surface area contributed by atoms with Crippen molar-refractivity contribution in [2.75, 3.05) is 6.54 Å². The lowest BCUT2D eigenvalue weighted by Gasteiger charge is -2.26. The van der Waals surface area contributed by atoms with Gasteiger partial charge in [0.05, 0.1) is 6.10 Å². The highest BCUT2D eigenvalue weighted by Gasteiger charge is 2.20. The normalized spacial score (nSPS) is 26.5. The van der Waals surface area contributed by atoms with Crippen molar-refractivity contribution in [1.82, 2.24) is 5.32 Å². The van der Waals surface area contributed by atoms with E-state index in [1.807, 2.05) is 0 Å². The number of amides is 1. The van der Waals surface area contributed by atoms with Gasteiger partial charge in [-0.3, -0.25) is 4.79 Å². The minimum atomic E-state index is -0.160. The maximum atomic E-state index is 11.7. The van der Waals surface area contributed by atoms with E-state index >= 15 is 0 Å². The van der Waals surface area contributed by atoms with E-state index in [4.69, 9.17) is 5.73 Å². The summed E-state index contributed by atoms with van der Waals surface area (Å²) in [6.45, 7) is 2.83. The molecule has 1 amide bonds. The summed E-state index contributed by atoms with van der Waals surface area (Å²) in [6.07, 6.45) is 5.79. The summed E-state index contributed by atoms with van der Waals surface area (Å²) in [5.41, 5.74) is 5.47. The summed E-state index contributed by atoms with van der Waals surface area (Å²) in [5, 5.41) is 12.4. The van der Waals surface area contributed by atoms with E-state index in [-0.39, 0.29) is 18.1 Å². The van der Waals surface area contributed by atoms with Crippen molar-refractivity contribution in [3.8, 4) is 0 Å². The molecule has 0 spiro atoms. The third-order valence-corrected chi connectivity index (χ3v) is 3.59. The zero-order valence-corrected chi connectivity index (χ0v) is 10.8. The molecule has 0 aromatic carbocycles. The molecule has 0 aliphatic heterocycles. The van der Waals surface area contributed by atoms with Crippen LogP contribution in [0.1, 0.15) is 51.9 Å². The van der Waals surface area contributed by atoms with Crippen LogP contribution < -0.4 is 11.1 Å². The zero-order chi connectivity index (χ0) is 12.7. The van der Waals surface area contributed by atoms with Gasteiger partial charge in [0, 0.05) is 12.5 Å². The second-order valence-electron chi connectivity index (χ2n) is 5.29. The molecule has 1 aliphatic carbocycles. The Morgan fingerprint density at radius 3 is 2.59 bits per heavy atom. The first-order chi connectivity index (χ1) is 8.11. The molecular weight excluding hydrogens is 216 g/mol. The summed E-state index contributed by atoms with van der Waals surface area (Å²) in [4.78, 5) is 11.7. The van der Waals surface area contributed by atoms with Crippen LogP contribution >= 0.6 is 0 Å². The number of rotatable bonds is 6. The van der Waals surface area contributed by atoms with Crippen LogP contribution in [0.2, 0.25) is 0 Å². The van der Waals surface area contributed by atoms with Gasteiger partial charge in [-0.15, -0.1) is 0 Å². The molecule has 1 unspecified atom stereocenters. The van der Waals surface area contributed by atoms with Crippen molar-refractivity contribution in [3.63, 3.8) is 0 Å². The fraction of sp³-hybridized carbons (Fsp3) is 0.923. The molecule has 0 aromatic heterocycles. The molecule has 0 saturated heterocycles. The molecular formula is C13H26N2O2. The number of aliphatic hydroxyl groups is 1. The summed E-state index contributed by atoms with van der Waals surface area (Å²) in [6, 6.07) is 0.274. The monoisotopic (exact) mass is 242 g/mol. The minimum absolute atomic E-state index is 0.148. The lowest BCUT2D eigenvalue weighted by atomic mass is 9.93. The Labute approximate surface area is 104 Å². The Morgan fingerprint density at radius 2 is 2.00 bits per heavy atom. The third-order valence-electron chi connectivity index (χ3n) is 3.59. The topological polar surface area (TPSA) is 75.4 Å². The van der Waals surface area contributed by atoms with Crippen LogP contribution in [0.3, 0.4) is 0 Å². The Morgan fingerprint density at radius 1 is 1.35 bits per heavy atom. The zero-order valence-electron chi connectivity index (χ0n) is 10.8. The van der Waals surface area contributed by atoms with Gasteiger partial charge in [-0.25, -0.2) is 0 Å². The molecule has 0 bridgehead atoms. The van der Waals surface area contributed by atoms with Crippen LogP contribution in [0, 0.1) is 5.92 Å². The van der Waals surface area contributed by atoms with Gasteiger partial charge < -0.3 is 16.2 Å². The molecule has 4 N–H and O–H groups in total. The highest BCUT2D eigenvalue weighted by molar-refractivity contribution is 5.76. The second kappa shape index (κ2) is 7.67. The number of nitrogens with two attached hydrogens (primary N) is 1. The summed E-state index contributed by atoms with van der Waals surface area (Å²) >= 11 is 0. The first-order valence-electron chi connectivity index (χ1n) is 6.79. The SMILES string of the molecule is CC(CCN)CCC(=O)NC1CCC(O)CC1. The average molecular weight is 242 g/mol. The van der Waals surface area contributed by atoms with E-state index in [2.05, 4.69) is 12.2 Å². The third kappa shape index (κ3) is 6.03. The molecule has 1 aliphatic rings. The quantitative estimate of drug-likeness (QED) is 0.654. The number of aliphatic hydroxyl groups excluding tert-OH is 1. The highest BCUT2D eigenvalue weighted by Crippen LogP contribution is 2.18. The fourth-order valence-corrected chi connectivity index (χ4v) is 2.33. The van der Waals surface area contributed by atoms with E-state index in [1.165, 1.54) is 0 Å². The number of hydrogen-bond donors (Lipinski definition) is 3. The van der Waals surface area contributed by atoms with Gasteiger partial charge in [0.15, 0.2) is 0 Å². The predicted molar refractivity (Wildman–Crippen MR) is 68.5 cm³/mol. The maximum Gasteiger partial charge on any atom is 0.220 e. The van der Waals surface area contributed by atoms with Crippen LogP contribution in [0.15, 0.2) is 0 Å². The molecule has 4 nitrogen and oxygen atoms in total. The standard InChI is InChI=1S/C13H26N2O2/c1-10(8-9-14)2-7-13(17)15-11-3-5-12(16)6-4-11/h10-12,16H,2-9,14H2,1H3,(H,15,17). The number of nitrogens with one attached hydrogen (secondary N) is 1. The van der Waals surface area contributed by atoms with Crippen LogP contribution in [0.4, 0.5) is 0 Å². The molecule has 17 heavy (non-hydrogen) atoms. The molecule has 0 radical (unpaired) electrons. The van der Waals surface area contributed by atoms with E-state index in [9.17, 15) is 9.90 Å². The highest BCUT2D eigenvalue weighted by atomic mass is 16.3.